The Kier molecular flexibility index (Phi) is 7.30. The van der Waals surface area contributed by atoms with Gasteiger partial charge in [0, 0.05) is 17.0 Å². The van der Waals surface area contributed by atoms with Crippen LogP contribution in [0.3, 0.4) is 0 Å². The number of halogens is 2. The topological polar surface area (TPSA) is 67.4 Å². The number of rotatable bonds is 7. The zero-order valence-corrected chi connectivity index (χ0v) is 16.0. The average Bonchev–Trinajstić information content (AvgIpc) is 2.57. The van der Waals surface area contributed by atoms with Crippen molar-refractivity contribution in [2.75, 3.05) is 11.9 Å². The van der Waals surface area contributed by atoms with E-state index in [2.05, 4.69) is 10.6 Å². The summed E-state index contributed by atoms with van der Waals surface area (Å²) in [6.07, 6.45) is 0.0549. The molecule has 5 nitrogen and oxygen atoms in total. The smallest absolute Gasteiger partial charge is 0.226 e. The summed E-state index contributed by atoms with van der Waals surface area (Å²) in [5.74, 6) is 0.0326. The number of amides is 2. The van der Waals surface area contributed by atoms with Crippen molar-refractivity contribution < 1.29 is 14.3 Å². The molecule has 2 amide bonds. The molecule has 0 aliphatic rings. The van der Waals surface area contributed by atoms with Crippen LogP contribution in [0, 0.1) is 0 Å². The number of hydrogen-bond acceptors (Lipinski definition) is 3. The lowest BCUT2D eigenvalue weighted by Gasteiger charge is -2.19. The molecule has 0 bridgehead atoms. The first-order valence-corrected chi connectivity index (χ1v) is 8.89. The van der Waals surface area contributed by atoms with Gasteiger partial charge in [-0.05, 0) is 42.8 Å². The summed E-state index contributed by atoms with van der Waals surface area (Å²) in [5, 5.41) is 6.65. The van der Waals surface area contributed by atoms with E-state index in [9.17, 15) is 9.59 Å². The van der Waals surface area contributed by atoms with Crippen molar-refractivity contribution >= 4 is 40.7 Å². The Hall–Kier alpha value is -2.24. The first kappa shape index (κ1) is 20.1. The van der Waals surface area contributed by atoms with Crippen molar-refractivity contribution in [2.24, 2.45) is 0 Å². The number of benzene rings is 2. The van der Waals surface area contributed by atoms with Gasteiger partial charge in [0.1, 0.15) is 5.75 Å². The van der Waals surface area contributed by atoms with Gasteiger partial charge in [0.25, 0.3) is 0 Å². The molecule has 0 aliphatic carbocycles. The maximum absolute atomic E-state index is 12.5. The number of carbonyl (C=O) groups excluding carboxylic acids is 2. The minimum absolute atomic E-state index is 0.0549. The third-order valence-corrected chi connectivity index (χ3v) is 4.04. The molecule has 0 aromatic heterocycles. The van der Waals surface area contributed by atoms with E-state index in [-0.39, 0.29) is 18.2 Å². The molecule has 2 rings (SSSR count). The highest BCUT2D eigenvalue weighted by atomic mass is 35.5. The van der Waals surface area contributed by atoms with Gasteiger partial charge in [0.05, 0.1) is 24.8 Å². The van der Waals surface area contributed by atoms with Gasteiger partial charge in [-0.2, -0.15) is 0 Å². The molecule has 0 saturated carbocycles. The molecule has 0 saturated heterocycles. The molecule has 0 spiro atoms. The Morgan fingerprint density at radius 3 is 2.35 bits per heavy atom. The van der Waals surface area contributed by atoms with Gasteiger partial charge in [0.15, 0.2) is 0 Å². The maximum atomic E-state index is 12.5. The van der Waals surface area contributed by atoms with Crippen LogP contribution in [0.2, 0.25) is 10.0 Å². The Balaban J connectivity index is 2.15. The molecule has 0 aliphatic heterocycles. The number of hydrogen-bond donors (Lipinski definition) is 2. The van der Waals surface area contributed by atoms with E-state index in [0.717, 1.165) is 5.56 Å². The fourth-order valence-electron chi connectivity index (χ4n) is 2.46. The molecule has 2 aromatic rings. The molecule has 7 heteroatoms. The summed E-state index contributed by atoms with van der Waals surface area (Å²) in [7, 11) is 0. The van der Waals surface area contributed by atoms with E-state index in [1.54, 1.807) is 42.5 Å². The van der Waals surface area contributed by atoms with Crippen LogP contribution in [-0.4, -0.2) is 18.4 Å². The standard InChI is InChI=1S/C19H20Cl2N2O3/c1-3-26-18-9-8-15(21)10-17(18)23-19(25)11-16(22-12(2)24)13-4-6-14(20)7-5-13/h4-10,16H,3,11H2,1-2H3,(H,22,24)(H,23,25). The molecule has 26 heavy (non-hydrogen) atoms. The highest BCUT2D eigenvalue weighted by molar-refractivity contribution is 6.31. The fraction of sp³-hybridized carbons (Fsp3) is 0.263. The molecule has 0 fully saturated rings. The van der Waals surface area contributed by atoms with Crippen molar-refractivity contribution in [1.82, 2.24) is 5.32 Å². The minimum Gasteiger partial charge on any atom is -0.492 e. The molecular formula is C19H20Cl2N2O3. The Bertz CT molecular complexity index is 779. The summed E-state index contributed by atoms with van der Waals surface area (Å²) in [5.41, 5.74) is 1.28. The first-order chi connectivity index (χ1) is 12.4. The summed E-state index contributed by atoms with van der Waals surface area (Å²) in [4.78, 5) is 24.0. The highest BCUT2D eigenvalue weighted by Gasteiger charge is 2.18. The third kappa shape index (κ3) is 5.93. The van der Waals surface area contributed by atoms with Crippen LogP contribution in [0.4, 0.5) is 5.69 Å². The zero-order valence-electron chi connectivity index (χ0n) is 14.5. The average molecular weight is 395 g/mol. The van der Waals surface area contributed by atoms with Gasteiger partial charge < -0.3 is 15.4 Å². The second-order valence-electron chi connectivity index (χ2n) is 5.63. The van der Waals surface area contributed by atoms with Gasteiger partial charge in [0.2, 0.25) is 11.8 Å². The summed E-state index contributed by atoms with van der Waals surface area (Å²) in [6, 6.07) is 11.5. The Morgan fingerprint density at radius 2 is 1.73 bits per heavy atom. The second-order valence-corrected chi connectivity index (χ2v) is 6.50. The number of anilines is 1. The lowest BCUT2D eigenvalue weighted by atomic mass is 10.0. The predicted octanol–water partition coefficient (Wildman–Crippen LogP) is 4.60. The molecule has 1 atom stereocenters. The third-order valence-electron chi connectivity index (χ3n) is 3.55. The SMILES string of the molecule is CCOc1ccc(Cl)cc1NC(=O)CC(NC(C)=O)c1ccc(Cl)cc1. The monoisotopic (exact) mass is 394 g/mol. The van der Waals surface area contributed by atoms with Crippen LogP contribution in [0.15, 0.2) is 42.5 Å². The number of carbonyl (C=O) groups is 2. The normalized spacial score (nSPS) is 11.5. The lowest BCUT2D eigenvalue weighted by molar-refractivity contribution is -0.120. The van der Waals surface area contributed by atoms with Crippen LogP contribution < -0.4 is 15.4 Å². The number of nitrogens with one attached hydrogen (secondary N) is 2. The summed E-state index contributed by atoms with van der Waals surface area (Å²) >= 11 is 11.9. The van der Waals surface area contributed by atoms with E-state index in [0.29, 0.717) is 28.1 Å². The highest BCUT2D eigenvalue weighted by Crippen LogP contribution is 2.29. The van der Waals surface area contributed by atoms with E-state index in [1.165, 1.54) is 6.92 Å². The fourth-order valence-corrected chi connectivity index (χ4v) is 2.76. The van der Waals surface area contributed by atoms with E-state index in [1.807, 2.05) is 6.92 Å². The minimum atomic E-state index is -0.473. The van der Waals surface area contributed by atoms with Crippen molar-refractivity contribution in [1.29, 1.82) is 0 Å². The van der Waals surface area contributed by atoms with E-state index < -0.39 is 6.04 Å². The van der Waals surface area contributed by atoms with Gasteiger partial charge >= 0.3 is 0 Å². The van der Waals surface area contributed by atoms with Crippen LogP contribution in [-0.2, 0) is 9.59 Å². The van der Waals surface area contributed by atoms with Crippen molar-refractivity contribution in [2.45, 2.75) is 26.3 Å². The van der Waals surface area contributed by atoms with Gasteiger partial charge in [-0.3, -0.25) is 9.59 Å². The largest absolute Gasteiger partial charge is 0.492 e. The van der Waals surface area contributed by atoms with Crippen LogP contribution in [0.25, 0.3) is 0 Å². The number of ether oxygens (including phenoxy) is 1. The Morgan fingerprint density at radius 1 is 1.08 bits per heavy atom. The quantitative estimate of drug-likeness (QED) is 0.720. The van der Waals surface area contributed by atoms with Crippen molar-refractivity contribution in [3.63, 3.8) is 0 Å². The van der Waals surface area contributed by atoms with Crippen molar-refractivity contribution in [3.05, 3.63) is 58.1 Å². The Labute approximate surface area is 162 Å². The molecular weight excluding hydrogens is 375 g/mol. The van der Waals surface area contributed by atoms with Crippen LogP contribution >= 0.6 is 23.2 Å². The zero-order chi connectivity index (χ0) is 19.1. The summed E-state index contributed by atoms with van der Waals surface area (Å²) < 4.78 is 5.50. The first-order valence-electron chi connectivity index (χ1n) is 8.13. The molecule has 0 radical (unpaired) electrons. The maximum Gasteiger partial charge on any atom is 0.226 e. The van der Waals surface area contributed by atoms with E-state index >= 15 is 0 Å². The van der Waals surface area contributed by atoms with Gasteiger partial charge in [-0.25, -0.2) is 0 Å². The predicted molar refractivity (Wildman–Crippen MR) is 104 cm³/mol. The molecule has 1 unspecified atom stereocenters. The van der Waals surface area contributed by atoms with Gasteiger partial charge in [-0.15, -0.1) is 0 Å². The molecule has 2 N–H and O–H groups in total. The van der Waals surface area contributed by atoms with E-state index in [4.69, 9.17) is 27.9 Å². The molecule has 0 heterocycles. The van der Waals surface area contributed by atoms with Crippen LogP contribution in [0.1, 0.15) is 31.9 Å². The molecule has 138 valence electrons. The summed E-state index contributed by atoms with van der Waals surface area (Å²) in [6.45, 7) is 3.72. The lowest BCUT2D eigenvalue weighted by Crippen LogP contribution is -2.29. The second kappa shape index (κ2) is 9.46. The van der Waals surface area contributed by atoms with Crippen LogP contribution in [0.5, 0.6) is 5.75 Å². The van der Waals surface area contributed by atoms with Gasteiger partial charge in [-0.1, -0.05) is 35.3 Å². The molecule has 2 aromatic carbocycles. The van der Waals surface area contributed by atoms with Crippen molar-refractivity contribution in [3.8, 4) is 5.75 Å².